The molecule has 2 fully saturated rings. The van der Waals surface area contributed by atoms with E-state index in [1.807, 2.05) is 0 Å². The maximum Gasteiger partial charge on any atom is 0.119 e. The minimum Gasteiger partial charge on any atom is -0.497 e. The number of likely N-dealkylation sites (tertiary alicyclic amines) is 2. The lowest BCUT2D eigenvalue weighted by Crippen LogP contribution is -2.40. The van der Waals surface area contributed by atoms with Crippen molar-refractivity contribution in [2.75, 3.05) is 40.4 Å². The Balaban J connectivity index is 0.00000185. The molecule has 6 heteroatoms. The molecule has 0 saturated carbocycles. The zero-order chi connectivity index (χ0) is 25.9. The number of rotatable bonds is 7. The van der Waals surface area contributed by atoms with Gasteiger partial charge in [-0.2, -0.15) is 0 Å². The summed E-state index contributed by atoms with van der Waals surface area (Å²) >= 11 is 0. The molecule has 0 radical (unpaired) electrons. The van der Waals surface area contributed by atoms with E-state index in [2.05, 4.69) is 82.6 Å². The van der Waals surface area contributed by atoms with Gasteiger partial charge in [0.05, 0.1) is 14.2 Å². The van der Waals surface area contributed by atoms with Crippen LogP contribution in [0.5, 0.6) is 11.5 Å². The fraction of sp³-hybridized carbons (Fsp3) is 0.412. The molecule has 0 amide bonds. The molecule has 214 valence electrons. The van der Waals surface area contributed by atoms with Gasteiger partial charge in [0.25, 0.3) is 0 Å². The number of hydrogen-bond acceptors (Lipinski definition) is 4. The highest BCUT2D eigenvalue weighted by Gasteiger charge is 2.29. The molecule has 0 aliphatic carbocycles. The van der Waals surface area contributed by atoms with Gasteiger partial charge in [-0.05, 0) is 133 Å². The molecule has 4 nitrogen and oxygen atoms in total. The molecule has 40 heavy (non-hydrogen) atoms. The molecule has 2 aliphatic rings. The van der Waals surface area contributed by atoms with Gasteiger partial charge < -0.3 is 9.47 Å². The first-order valence-corrected chi connectivity index (χ1v) is 14.2. The topological polar surface area (TPSA) is 24.9 Å². The molecule has 0 spiro atoms. The van der Waals surface area contributed by atoms with Crippen LogP contribution in [0.25, 0.3) is 21.5 Å². The Labute approximate surface area is 251 Å². The van der Waals surface area contributed by atoms with Crippen molar-refractivity contribution in [3.8, 4) is 11.5 Å². The Hall–Kier alpha value is -2.50. The highest BCUT2D eigenvalue weighted by atomic mass is 35.5. The second-order valence-electron chi connectivity index (χ2n) is 11.3. The Kier molecular flexibility index (Phi) is 10.6. The molecule has 4 aromatic rings. The van der Waals surface area contributed by atoms with Crippen LogP contribution in [0.15, 0.2) is 72.8 Å². The summed E-state index contributed by atoms with van der Waals surface area (Å²) in [7, 11) is 3.46. The van der Waals surface area contributed by atoms with Crippen LogP contribution in [0.4, 0.5) is 0 Å². The number of nitrogens with zero attached hydrogens (tertiary/aromatic N) is 2. The van der Waals surface area contributed by atoms with Crippen molar-refractivity contribution in [3.63, 3.8) is 0 Å². The maximum atomic E-state index is 5.37. The van der Waals surface area contributed by atoms with Crippen molar-refractivity contribution in [1.82, 2.24) is 9.80 Å². The minimum absolute atomic E-state index is 0. The Morgan fingerprint density at radius 2 is 0.875 bits per heavy atom. The third kappa shape index (κ3) is 7.03. The SMILES string of the molecule is COc1ccc2cc(CN3CCC(C4CCN(Cc5ccc6cc(OC)ccc6c5)CC4)CC3)ccc2c1.Cl.Cl. The first-order chi connectivity index (χ1) is 18.7. The lowest BCUT2D eigenvalue weighted by atomic mass is 9.78. The van der Waals surface area contributed by atoms with E-state index in [0.29, 0.717) is 0 Å². The van der Waals surface area contributed by atoms with E-state index in [9.17, 15) is 0 Å². The van der Waals surface area contributed by atoms with E-state index in [1.54, 1.807) is 14.2 Å². The van der Waals surface area contributed by atoms with Gasteiger partial charge in [-0.3, -0.25) is 9.80 Å². The average molecular weight is 582 g/mol. The lowest BCUT2D eigenvalue weighted by Gasteiger charge is -2.40. The molecule has 2 saturated heterocycles. The first kappa shape index (κ1) is 30.5. The zero-order valence-corrected chi connectivity index (χ0v) is 25.3. The summed E-state index contributed by atoms with van der Waals surface area (Å²) in [5.74, 6) is 3.64. The van der Waals surface area contributed by atoms with E-state index in [1.165, 1.54) is 84.5 Å². The fourth-order valence-corrected chi connectivity index (χ4v) is 6.68. The highest BCUT2D eigenvalue weighted by molar-refractivity contribution is 5.86. The normalized spacial score (nSPS) is 17.4. The van der Waals surface area contributed by atoms with E-state index >= 15 is 0 Å². The highest BCUT2D eigenvalue weighted by Crippen LogP contribution is 2.34. The largest absolute Gasteiger partial charge is 0.497 e. The third-order valence-electron chi connectivity index (χ3n) is 8.97. The van der Waals surface area contributed by atoms with E-state index in [4.69, 9.17) is 9.47 Å². The third-order valence-corrected chi connectivity index (χ3v) is 8.97. The molecule has 0 aromatic heterocycles. The number of halogens is 2. The van der Waals surface area contributed by atoms with Crippen LogP contribution in [0.1, 0.15) is 36.8 Å². The molecule has 4 aromatic carbocycles. The van der Waals surface area contributed by atoms with Crippen molar-refractivity contribution in [1.29, 1.82) is 0 Å². The number of benzene rings is 4. The van der Waals surface area contributed by atoms with Gasteiger partial charge in [-0.1, -0.05) is 36.4 Å². The van der Waals surface area contributed by atoms with Crippen molar-refractivity contribution < 1.29 is 9.47 Å². The monoisotopic (exact) mass is 580 g/mol. The van der Waals surface area contributed by atoms with Crippen LogP contribution < -0.4 is 9.47 Å². The summed E-state index contributed by atoms with van der Waals surface area (Å²) in [4.78, 5) is 5.32. The summed E-state index contributed by atoms with van der Waals surface area (Å²) < 4.78 is 10.7. The van der Waals surface area contributed by atoms with Crippen LogP contribution in [0, 0.1) is 11.8 Å². The van der Waals surface area contributed by atoms with Crippen molar-refractivity contribution in [2.45, 2.75) is 38.8 Å². The molecule has 0 N–H and O–H groups in total. The number of methoxy groups -OCH3 is 2. The predicted molar refractivity (Wildman–Crippen MR) is 171 cm³/mol. The van der Waals surface area contributed by atoms with E-state index in [-0.39, 0.29) is 24.8 Å². The lowest BCUT2D eigenvalue weighted by molar-refractivity contribution is 0.0910. The summed E-state index contributed by atoms with van der Waals surface area (Å²) in [6.45, 7) is 7.04. The molecule has 0 unspecified atom stereocenters. The van der Waals surface area contributed by atoms with Gasteiger partial charge >= 0.3 is 0 Å². The molecule has 2 heterocycles. The maximum absolute atomic E-state index is 5.37. The molecule has 0 atom stereocenters. The first-order valence-electron chi connectivity index (χ1n) is 14.2. The number of fused-ring (bicyclic) bond motifs is 2. The van der Waals surface area contributed by atoms with Crippen molar-refractivity contribution in [3.05, 3.63) is 83.9 Å². The van der Waals surface area contributed by atoms with Crippen LogP contribution in [-0.4, -0.2) is 50.2 Å². The van der Waals surface area contributed by atoms with Gasteiger partial charge in [-0.15, -0.1) is 24.8 Å². The van der Waals surface area contributed by atoms with E-state index in [0.717, 1.165) is 36.4 Å². The number of piperidine rings is 2. The number of ether oxygens (including phenoxy) is 2. The van der Waals surface area contributed by atoms with Gasteiger partial charge in [0.2, 0.25) is 0 Å². The zero-order valence-electron chi connectivity index (χ0n) is 23.7. The Morgan fingerprint density at radius 1 is 0.525 bits per heavy atom. The van der Waals surface area contributed by atoms with Gasteiger partial charge in [-0.25, -0.2) is 0 Å². The second-order valence-corrected chi connectivity index (χ2v) is 11.3. The average Bonchev–Trinajstić information content (AvgIpc) is 2.97. The molecule has 0 bridgehead atoms. The molecular formula is C34H42Cl2N2O2. The summed E-state index contributed by atoms with van der Waals surface area (Å²) in [5, 5.41) is 5.10. The van der Waals surface area contributed by atoms with Crippen molar-refractivity contribution >= 4 is 46.4 Å². The fourth-order valence-electron chi connectivity index (χ4n) is 6.68. The number of hydrogen-bond donors (Lipinski definition) is 0. The summed E-state index contributed by atoms with van der Waals surface area (Å²) in [6.07, 6.45) is 5.40. The van der Waals surface area contributed by atoms with Gasteiger partial charge in [0, 0.05) is 13.1 Å². The Bertz CT molecular complexity index is 1290. The van der Waals surface area contributed by atoms with Gasteiger partial charge in [0.1, 0.15) is 11.5 Å². The molecule has 6 rings (SSSR count). The predicted octanol–water partition coefficient (Wildman–Crippen LogP) is 7.98. The Morgan fingerprint density at radius 3 is 1.25 bits per heavy atom. The standard InChI is InChI=1S/C34H40N2O2.2ClH/c1-37-33-9-7-29-19-25(3-5-31(29)21-33)23-35-15-11-27(12-16-35)28-13-17-36(18-14-28)24-26-4-6-32-22-34(38-2)10-8-30(32)20-26;;/h3-10,19-22,27-28H,11-18,23-24H2,1-2H3;2*1H. The molecule has 2 aliphatic heterocycles. The van der Waals surface area contributed by atoms with Crippen LogP contribution >= 0.6 is 24.8 Å². The van der Waals surface area contributed by atoms with Crippen molar-refractivity contribution in [2.24, 2.45) is 11.8 Å². The van der Waals surface area contributed by atoms with Crippen LogP contribution in [-0.2, 0) is 13.1 Å². The van der Waals surface area contributed by atoms with E-state index < -0.39 is 0 Å². The van der Waals surface area contributed by atoms with Crippen LogP contribution in [0.2, 0.25) is 0 Å². The van der Waals surface area contributed by atoms with Crippen LogP contribution in [0.3, 0.4) is 0 Å². The minimum atomic E-state index is 0. The second kappa shape index (κ2) is 13.9. The molecular weight excluding hydrogens is 539 g/mol. The van der Waals surface area contributed by atoms with Gasteiger partial charge in [0.15, 0.2) is 0 Å². The smallest absolute Gasteiger partial charge is 0.119 e. The summed E-state index contributed by atoms with van der Waals surface area (Å²) in [5.41, 5.74) is 2.84. The summed E-state index contributed by atoms with van der Waals surface area (Å²) in [6, 6.07) is 26.5. The quantitative estimate of drug-likeness (QED) is 0.221.